The van der Waals surface area contributed by atoms with Gasteiger partial charge in [-0.25, -0.2) is 0 Å². The van der Waals surface area contributed by atoms with E-state index in [-0.39, 0.29) is 0 Å². The normalized spacial score (nSPS) is 10.8. The van der Waals surface area contributed by atoms with Gasteiger partial charge in [-0.2, -0.15) is 0 Å². The van der Waals surface area contributed by atoms with Crippen LogP contribution in [0.25, 0.3) is 0 Å². The van der Waals surface area contributed by atoms with Crippen LogP contribution in [0.3, 0.4) is 0 Å². The summed E-state index contributed by atoms with van der Waals surface area (Å²) in [7, 11) is 0. The number of halogens is 4. The Morgan fingerprint density at radius 3 is 1.42 bits per heavy atom. The molecule has 0 fully saturated rings. The Balaban J connectivity index is 2.47. The fraction of sp³-hybridized carbons (Fsp3) is 0.200. The number of hydrogen-bond donors (Lipinski definition) is 0. The first-order chi connectivity index (χ1) is 8.88. The Hall–Kier alpha value is -0.400. The minimum absolute atomic E-state index is 0.636. The fourth-order valence-corrected chi connectivity index (χ4v) is 3.04. The van der Waals surface area contributed by atoms with Crippen LogP contribution in [0, 0.1) is 13.8 Å². The number of rotatable bonds is 2. The van der Waals surface area contributed by atoms with E-state index in [2.05, 4.69) is 0 Å². The highest BCUT2D eigenvalue weighted by molar-refractivity contribution is 6.35. The average molecular weight is 334 g/mol. The summed E-state index contributed by atoms with van der Waals surface area (Å²) in [4.78, 5) is 0. The van der Waals surface area contributed by atoms with Crippen molar-refractivity contribution in [1.82, 2.24) is 0 Å². The molecule has 0 radical (unpaired) electrons. The van der Waals surface area contributed by atoms with Crippen molar-refractivity contribution in [1.29, 1.82) is 0 Å². The van der Waals surface area contributed by atoms with Crippen molar-refractivity contribution in [2.45, 2.75) is 20.3 Å². The van der Waals surface area contributed by atoms with Gasteiger partial charge in [-0.1, -0.05) is 46.4 Å². The topological polar surface area (TPSA) is 0 Å². The zero-order valence-electron chi connectivity index (χ0n) is 10.5. The molecule has 0 heterocycles. The smallest absolute Gasteiger partial charge is 0.0452 e. The second-order valence-electron chi connectivity index (χ2n) is 4.52. The Bertz CT molecular complexity index is 577. The number of benzene rings is 2. The summed E-state index contributed by atoms with van der Waals surface area (Å²) >= 11 is 24.4. The molecule has 0 aliphatic carbocycles. The molecule has 0 N–H and O–H groups in total. The lowest BCUT2D eigenvalue weighted by atomic mass is 9.97. The van der Waals surface area contributed by atoms with Gasteiger partial charge in [-0.15, -0.1) is 0 Å². The molecule has 0 atom stereocenters. The van der Waals surface area contributed by atoms with E-state index in [0.29, 0.717) is 26.5 Å². The fourth-order valence-electron chi connectivity index (χ4n) is 1.97. The maximum Gasteiger partial charge on any atom is 0.0452 e. The van der Waals surface area contributed by atoms with Gasteiger partial charge in [-0.3, -0.25) is 0 Å². The molecule has 0 aliphatic rings. The SMILES string of the molecule is Cc1c(Cl)cc(Cl)cc1Cc1cc(Cl)cc(Cl)c1C. The predicted octanol–water partition coefficient (Wildman–Crippen LogP) is 6.51. The quantitative estimate of drug-likeness (QED) is 0.587. The largest absolute Gasteiger partial charge is 0.0843 e. The van der Waals surface area contributed by atoms with Crippen molar-refractivity contribution in [2.75, 3.05) is 0 Å². The van der Waals surface area contributed by atoms with Crippen molar-refractivity contribution in [2.24, 2.45) is 0 Å². The van der Waals surface area contributed by atoms with Crippen molar-refractivity contribution in [3.8, 4) is 0 Å². The third kappa shape index (κ3) is 3.38. The zero-order chi connectivity index (χ0) is 14.2. The lowest BCUT2D eigenvalue weighted by Gasteiger charge is -2.12. The summed E-state index contributed by atoms with van der Waals surface area (Å²) in [5, 5.41) is 2.62. The van der Waals surface area contributed by atoms with Gasteiger partial charge in [0.1, 0.15) is 0 Å². The van der Waals surface area contributed by atoms with Crippen molar-refractivity contribution >= 4 is 46.4 Å². The first-order valence-corrected chi connectivity index (χ1v) is 7.28. The van der Waals surface area contributed by atoms with Crippen molar-refractivity contribution < 1.29 is 0 Å². The first kappa shape index (κ1) is 15.0. The third-order valence-corrected chi connectivity index (χ3v) is 4.44. The van der Waals surface area contributed by atoms with E-state index < -0.39 is 0 Å². The Labute approximate surface area is 133 Å². The molecule has 0 amide bonds. The molecular formula is C15H12Cl4. The van der Waals surface area contributed by atoms with Gasteiger partial charge in [0, 0.05) is 20.1 Å². The molecule has 0 bridgehead atoms. The molecule has 0 spiro atoms. The van der Waals surface area contributed by atoms with Crippen LogP contribution in [0.2, 0.25) is 20.1 Å². The summed E-state index contributed by atoms with van der Waals surface area (Å²) in [5.74, 6) is 0. The predicted molar refractivity (Wildman–Crippen MR) is 85.2 cm³/mol. The molecule has 19 heavy (non-hydrogen) atoms. The Kier molecular flexibility index (Phi) is 4.68. The molecule has 0 aromatic heterocycles. The van der Waals surface area contributed by atoms with Gasteiger partial charge in [0.05, 0.1) is 0 Å². The summed E-state index contributed by atoms with van der Waals surface area (Å²) in [5.41, 5.74) is 4.22. The zero-order valence-corrected chi connectivity index (χ0v) is 13.6. The second-order valence-corrected chi connectivity index (χ2v) is 6.21. The Morgan fingerprint density at radius 1 is 0.684 bits per heavy atom. The molecule has 0 nitrogen and oxygen atoms in total. The summed E-state index contributed by atoms with van der Waals surface area (Å²) < 4.78 is 0. The van der Waals surface area contributed by atoms with Crippen LogP contribution in [-0.2, 0) is 6.42 Å². The Morgan fingerprint density at radius 2 is 1.05 bits per heavy atom. The molecule has 0 aliphatic heterocycles. The van der Waals surface area contributed by atoms with Gasteiger partial charge in [0.15, 0.2) is 0 Å². The third-order valence-electron chi connectivity index (χ3n) is 3.21. The van der Waals surface area contributed by atoms with E-state index in [4.69, 9.17) is 46.4 Å². The molecule has 2 rings (SSSR count). The highest BCUT2D eigenvalue weighted by Crippen LogP contribution is 2.30. The summed E-state index contributed by atoms with van der Waals surface area (Å²) in [6, 6.07) is 7.35. The molecule has 0 unspecified atom stereocenters. The standard InChI is InChI=1S/C15H12Cl4/c1-8-10(4-12(16)6-14(8)18)3-11-5-13(17)7-15(19)9(11)2/h4-7H,3H2,1-2H3. The van der Waals surface area contributed by atoms with E-state index in [0.717, 1.165) is 22.3 Å². The molecular weight excluding hydrogens is 322 g/mol. The minimum Gasteiger partial charge on any atom is -0.0843 e. The monoisotopic (exact) mass is 332 g/mol. The first-order valence-electron chi connectivity index (χ1n) is 5.77. The minimum atomic E-state index is 0.636. The van der Waals surface area contributed by atoms with Crippen LogP contribution in [-0.4, -0.2) is 0 Å². The van der Waals surface area contributed by atoms with E-state index in [9.17, 15) is 0 Å². The lowest BCUT2D eigenvalue weighted by molar-refractivity contribution is 1.13. The van der Waals surface area contributed by atoms with Crippen molar-refractivity contribution in [3.05, 3.63) is 66.6 Å². The van der Waals surface area contributed by atoms with Gasteiger partial charge in [-0.05, 0) is 66.8 Å². The maximum absolute atomic E-state index is 6.15. The van der Waals surface area contributed by atoms with E-state index in [1.165, 1.54) is 0 Å². The summed E-state index contributed by atoms with van der Waals surface area (Å²) in [6.45, 7) is 3.96. The highest BCUT2D eigenvalue weighted by Gasteiger charge is 2.10. The van der Waals surface area contributed by atoms with Crippen molar-refractivity contribution in [3.63, 3.8) is 0 Å². The van der Waals surface area contributed by atoms with Crippen LogP contribution < -0.4 is 0 Å². The van der Waals surface area contributed by atoms with E-state index in [1.807, 2.05) is 26.0 Å². The molecule has 0 saturated carbocycles. The van der Waals surface area contributed by atoms with E-state index in [1.54, 1.807) is 12.1 Å². The van der Waals surface area contributed by atoms with Crippen LogP contribution in [0.15, 0.2) is 24.3 Å². The second kappa shape index (κ2) is 5.93. The van der Waals surface area contributed by atoms with Gasteiger partial charge in [0.2, 0.25) is 0 Å². The number of hydrogen-bond acceptors (Lipinski definition) is 0. The maximum atomic E-state index is 6.15. The van der Waals surface area contributed by atoms with Gasteiger partial charge in [0.25, 0.3) is 0 Å². The van der Waals surface area contributed by atoms with Crippen LogP contribution in [0.1, 0.15) is 22.3 Å². The lowest BCUT2D eigenvalue weighted by Crippen LogP contribution is -1.96. The van der Waals surface area contributed by atoms with Crippen LogP contribution in [0.5, 0.6) is 0 Å². The van der Waals surface area contributed by atoms with E-state index >= 15 is 0 Å². The molecule has 4 heteroatoms. The average Bonchev–Trinajstić information content (AvgIpc) is 2.31. The molecule has 2 aromatic carbocycles. The van der Waals surface area contributed by atoms with Gasteiger partial charge < -0.3 is 0 Å². The van der Waals surface area contributed by atoms with Crippen LogP contribution in [0.4, 0.5) is 0 Å². The molecule has 2 aromatic rings. The molecule has 100 valence electrons. The van der Waals surface area contributed by atoms with Gasteiger partial charge >= 0.3 is 0 Å². The highest BCUT2D eigenvalue weighted by atomic mass is 35.5. The summed E-state index contributed by atoms with van der Waals surface area (Å²) in [6.07, 6.45) is 0.707. The van der Waals surface area contributed by atoms with Crippen LogP contribution >= 0.6 is 46.4 Å². The molecule has 0 saturated heterocycles.